The number of ether oxygens (including phenoxy) is 1. The Morgan fingerprint density at radius 1 is 1.42 bits per heavy atom. The van der Waals surface area contributed by atoms with Crippen molar-refractivity contribution in [2.24, 2.45) is 0 Å². The molecule has 0 aliphatic rings. The van der Waals surface area contributed by atoms with Gasteiger partial charge in [0.05, 0.1) is 10.7 Å². The summed E-state index contributed by atoms with van der Waals surface area (Å²) in [4.78, 5) is 15.5. The van der Waals surface area contributed by atoms with E-state index in [1.165, 1.54) is 6.07 Å². The van der Waals surface area contributed by atoms with E-state index in [9.17, 15) is 4.79 Å². The van der Waals surface area contributed by atoms with Crippen LogP contribution in [0.25, 0.3) is 0 Å². The fourth-order valence-electron chi connectivity index (χ4n) is 1.57. The summed E-state index contributed by atoms with van der Waals surface area (Å²) >= 11 is 1.60. The second-order valence-electron chi connectivity index (χ2n) is 4.42. The van der Waals surface area contributed by atoms with Crippen molar-refractivity contribution < 1.29 is 14.6 Å². The van der Waals surface area contributed by atoms with Crippen LogP contribution in [0.5, 0.6) is 5.75 Å². The van der Waals surface area contributed by atoms with Gasteiger partial charge in [-0.3, -0.25) is 0 Å². The van der Waals surface area contributed by atoms with Crippen LogP contribution in [0.2, 0.25) is 0 Å². The zero-order valence-electron chi connectivity index (χ0n) is 10.8. The van der Waals surface area contributed by atoms with Crippen molar-refractivity contribution in [2.45, 2.75) is 26.4 Å². The zero-order valence-corrected chi connectivity index (χ0v) is 11.6. The van der Waals surface area contributed by atoms with Gasteiger partial charge < -0.3 is 9.84 Å². The van der Waals surface area contributed by atoms with Gasteiger partial charge in [0.25, 0.3) is 0 Å². The molecule has 2 aromatic rings. The number of nitrogens with zero attached hydrogens (tertiary/aromatic N) is 1. The summed E-state index contributed by atoms with van der Waals surface area (Å²) in [5, 5.41) is 12.0. The number of para-hydroxylation sites is 1. The topological polar surface area (TPSA) is 59.4 Å². The van der Waals surface area contributed by atoms with Gasteiger partial charge in [-0.15, -0.1) is 11.3 Å². The summed E-state index contributed by atoms with van der Waals surface area (Å²) in [6, 6.07) is 6.61. The Hall–Kier alpha value is -1.88. The molecule has 0 unspecified atom stereocenters. The molecule has 1 heterocycles. The van der Waals surface area contributed by atoms with E-state index < -0.39 is 5.97 Å². The third-order valence-corrected chi connectivity index (χ3v) is 3.75. The van der Waals surface area contributed by atoms with Crippen LogP contribution in [0.1, 0.15) is 40.8 Å². The lowest BCUT2D eigenvalue weighted by Gasteiger charge is -2.07. The molecule has 0 saturated heterocycles. The van der Waals surface area contributed by atoms with Crippen molar-refractivity contribution in [3.8, 4) is 5.75 Å². The third-order valence-electron chi connectivity index (χ3n) is 2.56. The number of hydrogen-bond acceptors (Lipinski definition) is 4. The molecule has 4 nitrogen and oxygen atoms in total. The summed E-state index contributed by atoms with van der Waals surface area (Å²) in [7, 11) is 0. The van der Waals surface area contributed by atoms with Crippen molar-refractivity contribution >= 4 is 17.3 Å². The fraction of sp³-hybridized carbons (Fsp3) is 0.286. The Kier molecular flexibility index (Phi) is 4.16. The molecule has 0 spiro atoms. The number of thiazole rings is 1. The van der Waals surface area contributed by atoms with Crippen molar-refractivity contribution in [3.63, 3.8) is 0 Å². The van der Waals surface area contributed by atoms with E-state index >= 15 is 0 Å². The van der Waals surface area contributed by atoms with Gasteiger partial charge in [0.15, 0.2) is 0 Å². The number of hydrogen-bond donors (Lipinski definition) is 1. The van der Waals surface area contributed by atoms with Crippen LogP contribution in [0.3, 0.4) is 0 Å². The van der Waals surface area contributed by atoms with Gasteiger partial charge in [-0.1, -0.05) is 26.0 Å². The van der Waals surface area contributed by atoms with E-state index in [0.29, 0.717) is 11.7 Å². The van der Waals surface area contributed by atoms with E-state index in [2.05, 4.69) is 18.8 Å². The van der Waals surface area contributed by atoms with Crippen LogP contribution in [-0.4, -0.2) is 16.1 Å². The molecule has 1 aromatic heterocycles. The van der Waals surface area contributed by atoms with Gasteiger partial charge >= 0.3 is 5.97 Å². The first-order valence-corrected chi connectivity index (χ1v) is 6.85. The van der Waals surface area contributed by atoms with Crippen LogP contribution in [0.4, 0.5) is 0 Å². The summed E-state index contributed by atoms with van der Waals surface area (Å²) in [5.41, 5.74) is 0.996. The number of carbonyl (C=O) groups is 1. The fourth-order valence-corrected chi connectivity index (χ4v) is 2.39. The highest BCUT2D eigenvalue weighted by molar-refractivity contribution is 7.09. The minimum Gasteiger partial charge on any atom is -0.486 e. The van der Waals surface area contributed by atoms with E-state index in [1.807, 2.05) is 5.38 Å². The summed E-state index contributed by atoms with van der Waals surface area (Å²) in [5.74, 6) is -0.226. The van der Waals surface area contributed by atoms with E-state index in [4.69, 9.17) is 9.84 Å². The average molecular weight is 277 g/mol. The molecule has 100 valence electrons. The molecule has 0 saturated carbocycles. The Bertz CT molecular complexity index is 578. The lowest BCUT2D eigenvalue weighted by molar-refractivity contribution is 0.0691. The van der Waals surface area contributed by atoms with Crippen LogP contribution in [0.15, 0.2) is 29.6 Å². The van der Waals surface area contributed by atoms with E-state index in [-0.39, 0.29) is 12.2 Å². The lowest BCUT2D eigenvalue weighted by Crippen LogP contribution is -2.03. The molecule has 0 atom stereocenters. The van der Waals surface area contributed by atoms with Crippen molar-refractivity contribution in [3.05, 3.63) is 45.9 Å². The van der Waals surface area contributed by atoms with Crippen molar-refractivity contribution in [1.82, 2.24) is 4.98 Å². The maximum absolute atomic E-state index is 11.0. The predicted octanol–water partition coefficient (Wildman–Crippen LogP) is 3.54. The molecule has 5 heteroatoms. The molecule has 0 aliphatic carbocycles. The first-order chi connectivity index (χ1) is 9.08. The Labute approximate surface area is 115 Å². The normalized spacial score (nSPS) is 10.7. The predicted molar refractivity (Wildman–Crippen MR) is 73.9 cm³/mol. The highest BCUT2D eigenvalue weighted by Gasteiger charge is 2.11. The highest BCUT2D eigenvalue weighted by Crippen LogP contribution is 2.22. The van der Waals surface area contributed by atoms with Crippen LogP contribution in [0, 0.1) is 0 Å². The third kappa shape index (κ3) is 3.32. The van der Waals surface area contributed by atoms with E-state index in [0.717, 1.165) is 10.7 Å². The number of aromatic carboxylic acids is 1. The second kappa shape index (κ2) is 5.84. The molecule has 1 N–H and O–H groups in total. The molecule has 0 amide bonds. The molecular weight excluding hydrogens is 262 g/mol. The Morgan fingerprint density at radius 2 is 2.16 bits per heavy atom. The smallest absolute Gasteiger partial charge is 0.339 e. The molecule has 0 aliphatic heterocycles. The average Bonchev–Trinajstić information content (AvgIpc) is 2.85. The Balaban J connectivity index is 2.08. The monoisotopic (exact) mass is 277 g/mol. The van der Waals surface area contributed by atoms with Crippen molar-refractivity contribution in [1.29, 1.82) is 0 Å². The largest absolute Gasteiger partial charge is 0.486 e. The quantitative estimate of drug-likeness (QED) is 0.908. The number of rotatable bonds is 5. The maximum Gasteiger partial charge on any atom is 0.339 e. The minimum atomic E-state index is -0.989. The van der Waals surface area contributed by atoms with E-state index in [1.54, 1.807) is 29.5 Å². The van der Waals surface area contributed by atoms with Gasteiger partial charge in [0, 0.05) is 11.3 Å². The zero-order chi connectivity index (χ0) is 13.8. The molecule has 0 fully saturated rings. The molecule has 2 rings (SSSR count). The van der Waals surface area contributed by atoms with Gasteiger partial charge in [-0.2, -0.15) is 0 Å². The molecule has 0 radical (unpaired) electrons. The van der Waals surface area contributed by atoms with Crippen LogP contribution >= 0.6 is 11.3 Å². The standard InChI is InChI=1S/C14H15NO3S/c1-9(2)13-15-10(8-19-13)7-18-12-6-4-3-5-11(12)14(16)17/h3-6,8-9H,7H2,1-2H3,(H,16,17). The molecule has 0 bridgehead atoms. The SMILES string of the molecule is CC(C)c1nc(COc2ccccc2C(=O)O)cs1. The summed E-state index contributed by atoms with van der Waals surface area (Å²) < 4.78 is 5.54. The number of carboxylic acids is 1. The van der Waals surface area contributed by atoms with Gasteiger partial charge in [0.1, 0.15) is 17.9 Å². The van der Waals surface area contributed by atoms with Crippen LogP contribution < -0.4 is 4.74 Å². The van der Waals surface area contributed by atoms with Crippen LogP contribution in [-0.2, 0) is 6.61 Å². The number of benzene rings is 1. The molecular formula is C14H15NO3S. The molecule has 1 aromatic carbocycles. The van der Waals surface area contributed by atoms with Gasteiger partial charge in [-0.05, 0) is 12.1 Å². The Morgan fingerprint density at radius 3 is 2.79 bits per heavy atom. The number of aromatic nitrogens is 1. The molecule has 19 heavy (non-hydrogen) atoms. The highest BCUT2D eigenvalue weighted by atomic mass is 32.1. The van der Waals surface area contributed by atoms with Gasteiger partial charge in [-0.25, -0.2) is 9.78 Å². The minimum absolute atomic E-state index is 0.168. The summed E-state index contributed by atoms with van der Waals surface area (Å²) in [6.07, 6.45) is 0. The lowest BCUT2D eigenvalue weighted by atomic mass is 10.2. The first-order valence-electron chi connectivity index (χ1n) is 5.97. The summed E-state index contributed by atoms with van der Waals surface area (Å²) in [6.45, 7) is 4.46. The number of carboxylic acid groups (broad SMARTS) is 1. The van der Waals surface area contributed by atoms with Crippen molar-refractivity contribution in [2.75, 3.05) is 0 Å². The second-order valence-corrected chi connectivity index (χ2v) is 5.31. The van der Waals surface area contributed by atoms with Gasteiger partial charge in [0.2, 0.25) is 0 Å². The maximum atomic E-state index is 11.0. The first kappa shape index (κ1) is 13.5.